The summed E-state index contributed by atoms with van der Waals surface area (Å²) in [5.41, 5.74) is 0.297. The molecule has 1 unspecified atom stereocenters. The number of benzene rings is 2. The summed E-state index contributed by atoms with van der Waals surface area (Å²) in [7, 11) is -0.571. The van der Waals surface area contributed by atoms with Gasteiger partial charge in [0.15, 0.2) is 11.5 Å². The molecular formula is C24H32N2O7S. The van der Waals surface area contributed by atoms with Gasteiger partial charge in [0.05, 0.1) is 19.1 Å². The lowest BCUT2D eigenvalue weighted by Gasteiger charge is -2.29. The Hall–Kier alpha value is -2.82. The highest BCUT2D eigenvalue weighted by Gasteiger charge is 2.28. The van der Waals surface area contributed by atoms with E-state index >= 15 is 0 Å². The Kier molecular flexibility index (Phi) is 8.76. The molecule has 10 heteroatoms. The highest BCUT2D eigenvalue weighted by molar-refractivity contribution is 7.89. The van der Waals surface area contributed by atoms with E-state index in [9.17, 15) is 18.3 Å². The number of hydrogen-bond donors (Lipinski definition) is 2. The van der Waals surface area contributed by atoms with Crippen LogP contribution in [0.3, 0.4) is 0 Å². The molecule has 2 aromatic carbocycles. The second kappa shape index (κ2) is 11.5. The average Bonchev–Trinajstić information content (AvgIpc) is 2.86. The van der Waals surface area contributed by atoms with Crippen molar-refractivity contribution < 1.29 is 32.5 Å². The van der Waals surface area contributed by atoms with Crippen LogP contribution in [-0.2, 0) is 10.0 Å². The number of rotatable bonds is 10. The molecule has 1 saturated heterocycles. The van der Waals surface area contributed by atoms with Crippen LogP contribution in [-0.4, -0.2) is 70.3 Å². The molecule has 9 nitrogen and oxygen atoms in total. The molecule has 3 rings (SSSR count). The first-order valence-corrected chi connectivity index (χ1v) is 12.6. The van der Waals surface area contributed by atoms with E-state index in [2.05, 4.69) is 12.2 Å². The van der Waals surface area contributed by atoms with Crippen molar-refractivity contribution in [3.8, 4) is 17.2 Å². The Morgan fingerprint density at radius 2 is 1.68 bits per heavy atom. The van der Waals surface area contributed by atoms with E-state index in [1.54, 1.807) is 18.2 Å². The Morgan fingerprint density at radius 1 is 1.09 bits per heavy atom. The minimum absolute atomic E-state index is 0.0533. The van der Waals surface area contributed by atoms with Crippen molar-refractivity contribution in [3.05, 3.63) is 48.0 Å². The lowest BCUT2D eigenvalue weighted by atomic mass is 10.0. The summed E-state index contributed by atoms with van der Waals surface area (Å²) in [6, 6.07) is 11.0. The largest absolute Gasteiger partial charge is 0.493 e. The summed E-state index contributed by atoms with van der Waals surface area (Å²) in [5.74, 6) is 1.38. The van der Waals surface area contributed by atoms with Crippen molar-refractivity contribution in [3.63, 3.8) is 0 Å². The summed E-state index contributed by atoms with van der Waals surface area (Å²) in [6.45, 7) is 2.99. The van der Waals surface area contributed by atoms with Crippen LogP contribution >= 0.6 is 0 Å². The minimum atomic E-state index is -3.57. The molecule has 0 radical (unpaired) electrons. The molecule has 0 saturated carbocycles. The third kappa shape index (κ3) is 6.19. The van der Waals surface area contributed by atoms with Crippen LogP contribution in [0, 0.1) is 5.92 Å². The Balaban J connectivity index is 1.53. The first-order chi connectivity index (χ1) is 16.3. The van der Waals surface area contributed by atoms with Gasteiger partial charge in [0, 0.05) is 25.2 Å². The van der Waals surface area contributed by atoms with Gasteiger partial charge in [0.25, 0.3) is 5.91 Å². The van der Waals surface area contributed by atoms with Gasteiger partial charge in [0.2, 0.25) is 15.8 Å². The third-order valence-electron chi connectivity index (χ3n) is 5.80. The van der Waals surface area contributed by atoms with Crippen LogP contribution in [0.4, 0.5) is 0 Å². The van der Waals surface area contributed by atoms with Gasteiger partial charge >= 0.3 is 0 Å². The molecule has 1 amide bonds. The zero-order valence-corrected chi connectivity index (χ0v) is 20.5. The molecule has 34 heavy (non-hydrogen) atoms. The van der Waals surface area contributed by atoms with Crippen molar-refractivity contribution in [2.24, 2.45) is 5.92 Å². The summed E-state index contributed by atoms with van der Waals surface area (Å²) >= 11 is 0. The maximum atomic E-state index is 12.8. The van der Waals surface area contributed by atoms with Crippen molar-refractivity contribution in [1.29, 1.82) is 0 Å². The zero-order chi connectivity index (χ0) is 24.7. The number of ether oxygens (including phenoxy) is 3. The van der Waals surface area contributed by atoms with Gasteiger partial charge in [-0.1, -0.05) is 13.0 Å². The Labute approximate surface area is 200 Å². The molecule has 2 N–H and O–H groups in total. The number of sulfonamides is 1. The van der Waals surface area contributed by atoms with Crippen molar-refractivity contribution in [2.75, 3.05) is 40.5 Å². The average molecular weight is 493 g/mol. The van der Waals surface area contributed by atoms with E-state index in [4.69, 9.17) is 14.2 Å². The molecule has 1 aliphatic heterocycles. The molecule has 2 aromatic rings. The first kappa shape index (κ1) is 25.8. The van der Waals surface area contributed by atoms with Crippen LogP contribution < -0.4 is 19.5 Å². The van der Waals surface area contributed by atoms with Crippen LogP contribution in [0.15, 0.2) is 47.4 Å². The smallest absolute Gasteiger partial charge is 0.251 e. The second-order valence-electron chi connectivity index (χ2n) is 8.28. The topological polar surface area (TPSA) is 114 Å². The predicted octanol–water partition coefficient (Wildman–Crippen LogP) is 2.29. The lowest BCUT2D eigenvalue weighted by Crippen LogP contribution is -2.38. The number of nitrogens with one attached hydrogen (secondary N) is 1. The fourth-order valence-electron chi connectivity index (χ4n) is 3.66. The minimum Gasteiger partial charge on any atom is -0.493 e. The number of piperidine rings is 1. The molecule has 1 aliphatic rings. The summed E-state index contributed by atoms with van der Waals surface area (Å²) < 4.78 is 43.3. The number of hydrogen-bond acceptors (Lipinski definition) is 7. The van der Waals surface area contributed by atoms with E-state index in [1.165, 1.54) is 42.8 Å². The molecule has 1 fully saturated rings. The van der Waals surface area contributed by atoms with Gasteiger partial charge in [-0.25, -0.2) is 8.42 Å². The highest BCUT2D eigenvalue weighted by atomic mass is 32.2. The number of carbonyl (C=O) groups is 1. The van der Waals surface area contributed by atoms with Gasteiger partial charge in [-0.05, 0) is 55.2 Å². The highest BCUT2D eigenvalue weighted by Crippen LogP contribution is 2.36. The summed E-state index contributed by atoms with van der Waals surface area (Å²) in [4.78, 5) is 12.6. The number of aliphatic hydroxyl groups excluding tert-OH is 1. The van der Waals surface area contributed by atoms with Crippen LogP contribution in [0.5, 0.6) is 17.2 Å². The van der Waals surface area contributed by atoms with Crippen molar-refractivity contribution >= 4 is 15.9 Å². The molecule has 0 bridgehead atoms. The van der Waals surface area contributed by atoms with Crippen LogP contribution in [0.1, 0.15) is 30.1 Å². The quantitative estimate of drug-likeness (QED) is 0.523. The van der Waals surface area contributed by atoms with E-state index in [1.807, 2.05) is 0 Å². The molecule has 1 atom stereocenters. The summed E-state index contributed by atoms with van der Waals surface area (Å²) in [6.07, 6.45) is 0.699. The van der Waals surface area contributed by atoms with E-state index in [0.29, 0.717) is 41.8 Å². The van der Waals surface area contributed by atoms with Gasteiger partial charge < -0.3 is 24.6 Å². The SMILES string of the molecule is COc1cccc(OC)c1OCC(O)CNC(=O)c1ccc(S(=O)(=O)N2CCC(C)CC2)cc1. The second-order valence-corrected chi connectivity index (χ2v) is 10.2. The number of methoxy groups -OCH3 is 2. The van der Waals surface area contributed by atoms with Crippen molar-refractivity contribution in [1.82, 2.24) is 9.62 Å². The Bertz CT molecular complexity index is 1040. The van der Waals surface area contributed by atoms with Gasteiger partial charge in [-0.2, -0.15) is 4.31 Å². The van der Waals surface area contributed by atoms with Gasteiger partial charge in [0.1, 0.15) is 12.7 Å². The Morgan fingerprint density at radius 3 is 2.24 bits per heavy atom. The molecule has 0 aromatic heterocycles. The normalized spacial score (nSPS) is 16.0. The maximum absolute atomic E-state index is 12.8. The van der Waals surface area contributed by atoms with Crippen molar-refractivity contribution in [2.45, 2.75) is 30.8 Å². The van der Waals surface area contributed by atoms with Crippen LogP contribution in [0.25, 0.3) is 0 Å². The fraction of sp³-hybridized carbons (Fsp3) is 0.458. The lowest BCUT2D eigenvalue weighted by molar-refractivity contribution is 0.0833. The molecule has 0 spiro atoms. The van der Waals surface area contributed by atoms with Gasteiger partial charge in [-0.15, -0.1) is 0 Å². The standard InChI is InChI=1S/C24H32N2O7S/c1-17-11-13-26(14-12-17)34(29,30)20-9-7-18(8-10-20)24(28)25-15-19(27)16-33-23-21(31-2)5-4-6-22(23)32-3/h4-10,17,19,27H,11-16H2,1-3H3,(H,25,28). The molecule has 0 aliphatic carbocycles. The molecule has 1 heterocycles. The van der Waals surface area contributed by atoms with E-state index in [-0.39, 0.29) is 18.0 Å². The number of para-hydroxylation sites is 1. The molecular weight excluding hydrogens is 460 g/mol. The maximum Gasteiger partial charge on any atom is 0.251 e. The number of carbonyl (C=O) groups excluding carboxylic acids is 1. The first-order valence-electron chi connectivity index (χ1n) is 11.2. The molecule has 186 valence electrons. The third-order valence-corrected chi connectivity index (χ3v) is 7.71. The summed E-state index contributed by atoms with van der Waals surface area (Å²) in [5, 5.41) is 12.9. The van der Waals surface area contributed by atoms with Crippen LogP contribution in [0.2, 0.25) is 0 Å². The fourth-order valence-corrected chi connectivity index (χ4v) is 5.13. The monoisotopic (exact) mass is 492 g/mol. The zero-order valence-electron chi connectivity index (χ0n) is 19.7. The van der Waals surface area contributed by atoms with E-state index < -0.39 is 22.0 Å². The van der Waals surface area contributed by atoms with Gasteiger partial charge in [-0.3, -0.25) is 4.79 Å². The number of nitrogens with zero attached hydrogens (tertiary/aromatic N) is 1. The van der Waals surface area contributed by atoms with E-state index in [0.717, 1.165) is 12.8 Å². The predicted molar refractivity (Wildman–Crippen MR) is 127 cm³/mol. The number of aliphatic hydroxyl groups is 1. The number of amides is 1.